The molecule has 2 aromatic rings. The maximum Gasteiger partial charge on any atom is 0.269 e. The van der Waals surface area contributed by atoms with Crippen molar-refractivity contribution in [2.75, 3.05) is 7.05 Å². The van der Waals surface area contributed by atoms with Gasteiger partial charge in [-0.15, -0.1) is 0 Å². The number of amides is 1. The minimum Gasteiger partial charge on any atom is -0.337 e. The average molecular weight is 289 g/mol. The molecule has 1 aromatic carbocycles. The molecule has 0 saturated carbocycles. The van der Waals surface area contributed by atoms with Gasteiger partial charge in [-0.1, -0.05) is 12.1 Å². The highest BCUT2D eigenvalue weighted by atomic mass is 19.1. The Morgan fingerprint density at radius 1 is 1.38 bits per heavy atom. The molecule has 7 heteroatoms. The summed E-state index contributed by atoms with van der Waals surface area (Å²) in [4.78, 5) is 27.0. The van der Waals surface area contributed by atoms with Gasteiger partial charge in [0, 0.05) is 31.9 Å². The van der Waals surface area contributed by atoms with Crippen molar-refractivity contribution in [3.8, 4) is 0 Å². The standard InChI is InChI=1S/C14H12FN3O3/c1-17(14(19)12-6-3-7-16-13(12)15)9-10-4-2-5-11(8-10)18(20)21/h2-8H,9H2,1H3. The lowest BCUT2D eigenvalue weighted by Gasteiger charge is -2.17. The van der Waals surface area contributed by atoms with E-state index in [4.69, 9.17) is 0 Å². The second kappa shape index (κ2) is 6.08. The van der Waals surface area contributed by atoms with Crippen molar-refractivity contribution in [1.29, 1.82) is 0 Å². The van der Waals surface area contributed by atoms with Crippen molar-refractivity contribution < 1.29 is 14.1 Å². The van der Waals surface area contributed by atoms with Crippen LogP contribution in [0, 0.1) is 16.1 Å². The molecule has 0 saturated heterocycles. The summed E-state index contributed by atoms with van der Waals surface area (Å²) in [5, 5.41) is 10.7. The summed E-state index contributed by atoms with van der Waals surface area (Å²) in [6.45, 7) is 0.134. The van der Waals surface area contributed by atoms with Gasteiger partial charge in [-0.05, 0) is 17.7 Å². The first-order valence-corrected chi connectivity index (χ1v) is 6.08. The maximum absolute atomic E-state index is 13.5. The molecule has 108 valence electrons. The normalized spacial score (nSPS) is 10.2. The minimum atomic E-state index is -0.839. The van der Waals surface area contributed by atoms with E-state index in [0.717, 1.165) is 0 Å². The number of nitro benzene ring substituents is 1. The summed E-state index contributed by atoms with van der Waals surface area (Å²) in [5.41, 5.74) is 0.399. The molecule has 2 rings (SSSR count). The second-order valence-corrected chi connectivity index (χ2v) is 4.43. The summed E-state index contributed by atoms with van der Waals surface area (Å²) in [7, 11) is 1.49. The van der Waals surface area contributed by atoms with Crippen LogP contribution in [0.1, 0.15) is 15.9 Å². The fourth-order valence-corrected chi connectivity index (χ4v) is 1.87. The van der Waals surface area contributed by atoms with Crippen LogP contribution in [-0.4, -0.2) is 27.8 Å². The number of hydrogen-bond acceptors (Lipinski definition) is 4. The third-order valence-electron chi connectivity index (χ3n) is 2.88. The highest BCUT2D eigenvalue weighted by Crippen LogP contribution is 2.15. The number of carbonyl (C=O) groups excluding carboxylic acids is 1. The number of non-ortho nitro benzene ring substituents is 1. The summed E-state index contributed by atoms with van der Waals surface area (Å²) in [6, 6.07) is 8.76. The summed E-state index contributed by atoms with van der Waals surface area (Å²) in [5.74, 6) is -1.37. The molecule has 0 N–H and O–H groups in total. The van der Waals surface area contributed by atoms with E-state index in [9.17, 15) is 19.3 Å². The molecule has 0 bridgehead atoms. The molecular formula is C14H12FN3O3. The molecule has 1 heterocycles. The smallest absolute Gasteiger partial charge is 0.269 e. The third kappa shape index (κ3) is 3.38. The van der Waals surface area contributed by atoms with E-state index in [1.807, 2.05) is 0 Å². The van der Waals surface area contributed by atoms with Gasteiger partial charge in [0.1, 0.15) is 0 Å². The minimum absolute atomic E-state index is 0.0547. The van der Waals surface area contributed by atoms with Crippen LogP contribution >= 0.6 is 0 Å². The summed E-state index contributed by atoms with van der Waals surface area (Å²) < 4.78 is 13.5. The first-order valence-electron chi connectivity index (χ1n) is 6.08. The Morgan fingerprint density at radius 3 is 2.81 bits per heavy atom. The van der Waals surface area contributed by atoms with E-state index in [-0.39, 0.29) is 17.8 Å². The van der Waals surface area contributed by atoms with Crippen LogP contribution in [0.25, 0.3) is 0 Å². The molecule has 0 aliphatic rings. The van der Waals surface area contributed by atoms with E-state index in [1.54, 1.807) is 6.07 Å². The number of hydrogen-bond donors (Lipinski definition) is 0. The number of benzene rings is 1. The van der Waals surface area contributed by atoms with Gasteiger partial charge in [-0.25, -0.2) is 4.98 Å². The van der Waals surface area contributed by atoms with Crippen molar-refractivity contribution in [1.82, 2.24) is 9.88 Å². The number of pyridine rings is 1. The van der Waals surface area contributed by atoms with Crippen molar-refractivity contribution in [2.45, 2.75) is 6.54 Å². The highest BCUT2D eigenvalue weighted by Gasteiger charge is 2.17. The molecule has 0 radical (unpaired) electrons. The molecule has 6 nitrogen and oxygen atoms in total. The molecule has 0 unspecified atom stereocenters. The van der Waals surface area contributed by atoms with Crippen LogP contribution in [0.3, 0.4) is 0 Å². The predicted molar refractivity (Wildman–Crippen MR) is 73.1 cm³/mol. The molecule has 0 atom stereocenters. The molecule has 0 aliphatic carbocycles. The first-order chi connectivity index (χ1) is 9.99. The fraction of sp³-hybridized carbons (Fsp3) is 0.143. The molecule has 0 aliphatic heterocycles. The number of halogens is 1. The lowest BCUT2D eigenvalue weighted by atomic mass is 10.1. The largest absolute Gasteiger partial charge is 0.337 e. The zero-order chi connectivity index (χ0) is 15.4. The molecule has 0 spiro atoms. The monoisotopic (exact) mass is 289 g/mol. The zero-order valence-corrected chi connectivity index (χ0v) is 11.2. The second-order valence-electron chi connectivity index (χ2n) is 4.43. The van der Waals surface area contributed by atoms with Gasteiger partial charge in [0.25, 0.3) is 11.6 Å². The van der Waals surface area contributed by atoms with Crippen molar-refractivity contribution >= 4 is 11.6 Å². The Labute approximate surface area is 120 Å². The molecule has 1 amide bonds. The Kier molecular flexibility index (Phi) is 4.22. The van der Waals surface area contributed by atoms with E-state index >= 15 is 0 Å². The van der Waals surface area contributed by atoms with E-state index in [2.05, 4.69) is 4.98 Å². The summed E-state index contributed by atoms with van der Waals surface area (Å²) in [6.07, 6.45) is 1.26. The molecule has 1 aromatic heterocycles. The van der Waals surface area contributed by atoms with E-state index in [1.165, 1.54) is 48.5 Å². The SMILES string of the molecule is CN(Cc1cccc([N+](=O)[O-])c1)C(=O)c1cccnc1F. The predicted octanol–water partition coefficient (Wildman–Crippen LogP) is 2.40. The van der Waals surface area contributed by atoms with Crippen LogP contribution in [0.15, 0.2) is 42.6 Å². The van der Waals surface area contributed by atoms with Gasteiger partial charge < -0.3 is 4.90 Å². The van der Waals surface area contributed by atoms with Crippen LogP contribution in [0.5, 0.6) is 0 Å². The van der Waals surface area contributed by atoms with Crippen molar-refractivity contribution in [3.05, 3.63) is 69.8 Å². The van der Waals surface area contributed by atoms with Gasteiger partial charge in [0.05, 0.1) is 10.5 Å². The Morgan fingerprint density at radius 2 is 2.14 bits per heavy atom. The Bertz CT molecular complexity index is 691. The molecular weight excluding hydrogens is 277 g/mol. The number of nitro groups is 1. The Hall–Kier alpha value is -2.83. The van der Waals surface area contributed by atoms with Gasteiger partial charge >= 0.3 is 0 Å². The topological polar surface area (TPSA) is 76.3 Å². The van der Waals surface area contributed by atoms with Gasteiger partial charge in [0.2, 0.25) is 5.95 Å². The average Bonchev–Trinajstić information content (AvgIpc) is 2.47. The van der Waals surface area contributed by atoms with Crippen molar-refractivity contribution in [3.63, 3.8) is 0 Å². The number of carbonyl (C=O) groups is 1. The van der Waals surface area contributed by atoms with Crippen LogP contribution in [0.4, 0.5) is 10.1 Å². The third-order valence-corrected chi connectivity index (χ3v) is 2.88. The van der Waals surface area contributed by atoms with Crippen LogP contribution < -0.4 is 0 Å². The first kappa shape index (κ1) is 14.6. The highest BCUT2D eigenvalue weighted by molar-refractivity contribution is 5.93. The molecule has 21 heavy (non-hydrogen) atoms. The lowest BCUT2D eigenvalue weighted by molar-refractivity contribution is -0.384. The Balaban J connectivity index is 2.16. The van der Waals surface area contributed by atoms with Crippen LogP contribution in [-0.2, 0) is 6.54 Å². The van der Waals surface area contributed by atoms with Crippen molar-refractivity contribution in [2.24, 2.45) is 0 Å². The maximum atomic E-state index is 13.5. The lowest BCUT2D eigenvalue weighted by Crippen LogP contribution is -2.27. The van der Waals surface area contributed by atoms with E-state index < -0.39 is 16.8 Å². The molecule has 0 fully saturated rings. The number of nitrogens with zero attached hydrogens (tertiary/aromatic N) is 3. The zero-order valence-electron chi connectivity index (χ0n) is 11.2. The fourth-order valence-electron chi connectivity index (χ4n) is 1.87. The van der Waals surface area contributed by atoms with Crippen LogP contribution in [0.2, 0.25) is 0 Å². The number of rotatable bonds is 4. The number of aromatic nitrogens is 1. The van der Waals surface area contributed by atoms with Gasteiger partial charge in [-0.3, -0.25) is 14.9 Å². The van der Waals surface area contributed by atoms with Gasteiger partial charge in [0.15, 0.2) is 0 Å². The summed E-state index contributed by atoms with van der Waals surface area (Å²) >= 11 is 0. The van der Waals surface area contributed by atoms with Gasteiger partial charge in [-0.2, -0.15) is 4.39 Å². The quantitative estimate of drug-likeness (QED) is 0.492. The van der Waals surface area contributed by atoms with E-state index in [0.29, 0.717) is 5.56 Å².